The second-order valence-electron chi connectivity index (χ2n) is 6.54. The quantitative estimate of drug-likeness (QED) is 0.773. The second kappa shape index (κ2) is 7.86. The van der Waals surface area contributed by atoms with Gasteiger partial charge in [0.25, 0.3) is 0 Å². The molecule has 1 heterocycles. The Morgan fingerprint density at radius 1 is 1.22 bits per heavy atom. The maximum absolute atomic E-state index is 12.7. The van der Waals surface area contributed by atoms with Gasteiger partial charge in [0.05, 0.1) is 6.61 Å². The maximum Gasteiger partial charge on any atom is 0.329 e. The zero-order valence-corrected chi connectivity index (χ0v) is 15.0. The molecule has 0 spiro atoms. The van der Waals surface area contributed by atoms with Crippen molar-refractivity contribution in [2.75, 3.05) is 12.4 Å². The molecule has 1 aliphatic rings. The van der Waals surface area contributed by atoms with Gasteiger partial charge in [-0.05, 0) is 11.5 Å². The van der Waals surface area contributed by atoms with Gasteiger partial charge in [-0.2, -0.15) is 0 Å². The molecule has 0 saturated carbocycles. The van der Waals surface area contributed by atoms with Gasteiger partial charge in [-0.15, -0.1) is 11.8 Å². The molecule has 5 heteroatoms. The van der Waals surface area contributed by atoms with Crippen molar-refractivity contribution in [1.82, 2.24) is 4.90 Å². The van der Waals surface area contributed by atoms with Crippen LogP contribution in [0.1, 0.15) is 38.6 Å². The van der Waals surface area contributed by atoms with E-state index in [0.717, 1.165) is 5.56 Å². The molecule has 0 aromatic heterocycles. The van der Waals surface area contributed by atoms with Gasteiger partial charge in [0.15, 0.2) is 0 Å². The highest BCUT2D eigenvalue weighted by molar-refractivity contribution is 7.99. The fourth-order valence-electron chi connectivity index (χ4n) is 2.47. The van der Waals surface area contributed by atoms with Gasteiger partial charge in [-0.1, -0.05) is 58.0 Å². The Labute approximate surface area is 142 Å². The van der Waals surface area contributed by atoms with Gasteiger partial charge >= 0.3 is 5.97 Å². The van der Waals surface area contributed by atoms with Crippen molar-refractivity contribution in [3.63, 3.8) is 0 Å². The van der Waals surface area contributed by atoms with Crippen LogP contribution in [0, 0.1) is 11.8 Å². The molecule has 23 heavy (non-hydrogen) atoms. The zero-order valence-electron chi connectivity index (χ0n) is 14.2. The topological polar surface area (TPSA) is 46.6 Å². The van der Waals surface area contributed by atoms with Crippen LogP contribution in [-0.4, -0.2) is 35.2 Å². The number of amides is 1. The van der Waals surface area contributed by atoms with Crippen molar-refractivity contribution in [3.05, 3.63) is 35.9 Å². The average molecular weight is 335 g/mol. The van der Waals surface area contributed by atoms with E-state index < -0.39 is 6.04 Å². The van der Waals surface area contributed by atoms with Crippen molar-refractivity contribution in [1.29, 1.82) is 0 Å². The molecule has 1 fully saturated rings. The molecule has 0 aliphatic carbocycles. The molecular weight excluding hydrogens is 310 g/mol. The Bertz CT molecular complexity index is 544. The van der Waals surface area contributed by atoms with E-state index in [1.54, 1.807) is 16.7 Å². The van der Waals surface area contributed by atoms with Crippen LogP contribution in [0.5, 0.6) is 0 Å². The number of esters is 1. The largest absolute Gasteiger partial charge is 0.464 e. The van der Waals surface area contributed by atoms with E-state index in [9.17, 15) is 9.59 Å². The second-order valence-corrected chi connectivity index (χ2v) is 7.65. The summed E-state index contributed by atoms with van der Waals surface area (Å²) in [4.78, 5) is 26.8. The maximum atomic E-state index is 12.7. The predicted octanol–water partition coefficient (Wildman–Crippen LogP) is 3.48. The third-order valence-electron chi connectivity index (χ3n) is 3.66. The molecule has 1 aromatic rings. The molecule has 4 nitrogen and oxygen atoms in total. The summed E-state index contributed by atoms with van der Waals surface area (Å²) in [7, 11) is 0. The minimum atomic E-state index is -0.501. The number of carbonyl (C=O) groups is 2. The number of hydrogen-bond donors (Lipinski definition) is 0. The van der Waals surface area contributed by atoms with E-state index in [0.29, 0.717) is 12.4 Å². The van der Waals surface area contributed by atoms with Gasteiger partial charge in [-0.3, -0.25) is 4.79 Å². The SMILES string of the molecule is CC(C)COC(=O)C1CSC(c2ccccc2)N1C(=O)C(C)C. The van der Waals surface area contributed by atoms with Crippen LogP contribution in [0.4, 0.5) is 0 Å². The van der Waals surface area contributed by atoms with Crippen molar-refractivity contribution in [3.8, 4) is 0 Å². The molecule has 2 unspecified atom stereocenters. The predicted molar refractivity (Wildman–Crippen MR) is 92.9 cm³/mol. The van der Waals surface area contributed by atoms with Crippen LogP contribution in [0.2, 0.25) is 0 Å². The van der Waals surface area contributed by atoms with E-state index in [1.165, 1.54) is 0 Å². The summed E-state index contributed by atoms with van der Waals surface area (Å²) in [5, 5.41) is -0.123. The highest BCUT2D eigenvalue weighted by atomic mass is 32.2. The van der Waals surface area contributed by atoms with Crippen molar-refractivity contribution in [2.45, 2.75) is 39.1 Å². The number of hydrogen-bond acceptors (Lipinski definition) is 4. The summed E-state index contributed by atoms with van der Waals surface area (Å²) in [5.41, 5.74) is 1.05. The summed E-state index contributed by atoms with van der Waals surface area (Å²) in [6, 6.07) is 9.36. The molecule has 1 amide bonds. The molecule has 126 valence electrons. The van der Waals surface area contributed by atoms with Crippen LogP contribution in [0.25, 0.3) is 0 Å². The lowest BCUT2D eigenvalue weighted by Crippen LogP contribution is -2.45. The summed E-state index contributed by atoms with van der Waals surface area (Å²) < 4.78 is 5.39. The zero-order chi connectivity index (χ0) is 17.0. The molecule has 1 aromatic carbocycles. The Kier molecular flexibility index (Phi) is 6.10. The molecular formula is C18H25NO3S. The van der Waals surface area contributed by atoms with E-state index in [1.807, 2.05) is 58.0 Å². The van der Waals surface area contributed by atoms with Crippen molar-refractivity contribution in [2.24, 2.45) is 11.8 Å². The Morgan fingerprint density at radius 3 is 2.43 bits per heavy atom. The van der Waals surface area contributed by atoms with E-state index in [2.05, 4.69) is 0 Å². The number of carbonyl (C=O) groups excluding carboxylic acids is 2. The fraction of sp³-hybridized carbons (Fsp3) is 0.556. The molecule has 0 bridgehead atoms. The number of benzene rings is 1. The van der Waals surface area contributed by atoms with Gasteiger partial charge in [0.2, 0.25) is 5.91 Å². The van der Waals surface area contributed by atoms with Gasteiger partial charge < -0.3 is 9.64 Å². The first-order valence-corrected chi connectivity index (χ1v) is 9.12. The summed E-state index contributed by atoms with van der Waals surface area (Å²) in [6.45, 7) is 8.12. The summed E-state index contributed by atoms with van der Waals surface area (Å²) >= 11 is 1.62. The lowest BCUT2D eigenvalue weighted by molar-refractivity contribution is -0.156. The van der Waals surface area contributed by atoms with Crippen molar-refractivity contribution >= 4 is 23.6 Å². The number of nitrogens with zero attached hydrogens (tertiary/aromatic N) is 1. The number of rotatable bonds is 5. The molecule has 1 saturated heterocycles. The first-order chi connectivity index (χ1) is 10.9. The van der Waals surface area contributed by atoms with E-state index in [-0.39, 0.29) is 29.1 Å². The minimum Gasteiger partial charge on any atom is -0.464 e. The van der Waals surface area contributed by atoms with Gasteiger partial charge in [-0.25, -0.2) is 4.79 Å². The molecule has 2 rings (SSSR count). The third-order valence-corrected chi connectivity index (χ3v) is 4.99. The molecule has 1 aliphatic heterocycles. The van der Waals surface area contributed by atoms with Gasteiger partial charge in [0, 0.05) is 11.7 Å². The fourth-order valence-corrected chi connectivity index (χ4v) is 3.90. The van der Waals surface area contributed by atoms with Crippen molar-refractivity contribution < 1.29 is 14.3 Å². The average Bonchev–Trinajstić information content (AvgIpc) is 2.97. The van der Waals surface area contributed by atoms with Crippen LogP contribution in [-0.2, 0) is 14.3 Å². The van der Waals surface area contributed by atoms with Crippen LogP contribution < -0.4 is 0 Å². The minimum absolute atomic E-state index is 0.00431. The Hall–Kier alpha value is -1.49. The summed E-state index contributed by atoms with van der Waals surface area (Å²) in [5.74, 6) is 0.413. The first-order valence-electron chi connectivity index (χ1n) is 8.07. The molecule has 0 radical (unpaired) electrons. The highest BCUT2D eigenvalue weighted by Gasteiger charge is 2.43. The number of thioether (sulfide) groups is 1. The van der Waals surface area contributed by atoms with E-state index in [4.69, 9.17) is 4.74 Å². The standard InChI is InChI=1S/C18H25NO3S/c1-12(2)10-22-18(21)15-11-23-17(14-8-6-5-7-9-14)19(15)16(20)13(3)4/h5-9,12-13,15,17H,10-11H2,1-4H3. The van der Waals surface area contributed by atoms with Gasteiger partial charge in [0.1, 0.15) is 11.4 Å². The summed E-state index contributed by atoms with van der Waals surface area (Å²) in [6.07, 6.45) is 0. The van der Waals surface area contributed by atoms with Crippen LogP contribution >= 0.6 is 11.8 Å². The van der Waals surface area contributed by atoms with Crippen LogP contribution in [0.15, 0.2) is 30.3 Å². The smallest absolute Gasteiger partial charge is 0.329 e. The molecule has 0 N–H and O–H groups in total. The Morgan fingerprint density at radius 2 is 1.87 bits per heavy atom. The third kappa shape index (κ3) is 4.28. The first kappa shape index (κ1) is 17.9. The lowest BCUT2D eigenvalue weighted by Gasteiger charge is -2.30. The normalized spacial score (nSPS) is 21.0. The monoisotopic (exact) mass is 335 g/mol. The Balaban J connectivity index is 2.22. The molecule has 2 atom stereocenters. The highest BCUT2D eigenvalue weighted by Crippen LogP contribution is 2.42. The van der Waals surface area contributed by atoms with Crippen LogP contribution in [0.3, 0.4) is 0 Å². The lowest BCUT2D eigenvalue weighted by atomic mass is 10.1. The number of ether oxygens (including phenoxy) is 1. The van der Waals surface area contributed by atoms with E-state index >= 15 is 0 Å².